The van der Waals surface area contributed by atoms with Crippen molar-refractivity contribution < 1.29 is 14.6 Å². The van der Waals surface area contributed by atoms with Crippen LogP contribution in [0.15, 0.2) is 24.3 Å². The van der Waals surface area contributed by atoms with Gasteiger partial charge in [-0.1, -0.05) is 19.1 Å². The van der Waals surface area contributed by atoms with E-state index in [0.29, 0.717) is 12.0 Å². The van der Waals surface area contributed by atoms with Crippen LogP contribution in [-0.2, 0) is 11.3 Å². The van der Waals surface area contributed by atoms with Gasteiger partial charge in [0.25, 0.3) is 5.91 Å². The third-order valence-corrected chi connectivity index (χ3v) is 4.56. The number of aliphatic hydroxyl groups is 1. The van der Waals surface area contributed by atoms with E-state index in [9.17, 15) is 9.90 Å². The molecule has 1 aliphatic rings. The molecule has 2 N–H and O–H groups in total. The summed E-state index contributed by atoms with van der Waals surface area (Å²) in [4.78, 5) is 14.8. The third-order valence-electron chi connectivity index (χ3n) is 4.56. The maximum atomic E-state index is 12.5. The van der Waals surface area contributed by atoms with Gasteiger partial charge < -0.3 is 15.2 Å². The van der Waals surface area contributed by atoms with Crippen molar-refractivity contribution in [2.45, 2.75) is 38.8 Å². The lowest BCUT2D eigenvalue weighted by Gasteiger charge is -2.29. The Morgan fingerprint density at radius 2 is 2.13 bits per heavy atom. The lowest BCUT2D eigenvalue weighted by molar-refractivity contribution is 0.0341. The van der Waals surface area contributed by atoms with E-state index in [1.165, 1.54) is 0 Å². The maximum Gasteiger partial charge on any atom is 0.251 e. The van der Waals surface area contributed by atoms with Crippen molar-refractivity contribution in [2.24, 2.45) is 0 Å². The molecule has 1 aromatic carbocycles. The first-order chi connectivity index (χ1) is 11.1. The average Bonchev–Trinajstić information content (AvgIpc) is 2.56. The first kappa shape index (κ1) is 17.9. The Morgan fingerprint density at radius 1 is 1.39 bits per heavy atom. The van der Waals surface area contributed by atoms with Crippen LogP contribution in [0.4, 0.5) is 0 Å². The molecule has 1 saturated heterocycles. The molecule has 5 heteroatoms. The largest absolute Gasteiger partial charge is 0.396 e. The van der Waals surface area contributed by atoms with Crippen molar-refractivity contribution in [3.63, 3.8) is 0 Å². The van der Waals surface area contributed by atoms with Crippen LogP contribution in [-0.4, -0.2) is 54.4 Å². The van der Waals surface area contributed by atoms with Gasteiger partial charge in [-0.2, -0.15) is 0 Å². The molecule has 0 spiro atoms. The first-order valence-corrected chi connectivity index (χ1v) is 8.39. The summed E-state index contributed by atoms with van der Waals surface area (Å²) in [6.45, 7) is 8.31. The van der Waals surface area contributed by atoms with Crippen LogP contribution in [0, 0.1) is 0 Å². The fourth-order valence-corrected chi connectivity index (χ4v) is 2.75. The fourth-order valence-electron chi connectivity index (χ4n) is 2.75. The number of benzene rings is 1. The van der Waals surface area contributed by atoms with Crippen molar-refractivity contribution in [2.75, 3.05) is 32.9 Å². The van der Waals surface area contributed by atoms with E-state index < -0.39 is 0 Å². The number of morpholine rings is 1. The summed E-state index contributed by atoms with van der Waals surface area (Å²) in [7, 11) is 0. The minimum absolute atomic E-state index is 0.0711. The van der Waals surface area contributed by atoms with Gasteiger partial charge in [0.05, 0.1) is 13.2 Å². The van der Waals surface area contributed by atoms with Crippen molar-refractivity contribution in [3.8, 4) is 0 Å². The first-order valence-electron chi connectivity index (χ1n) is 8.39. The fraction of sp³-hybridized carbons (Fsp3) is 0.611. The van der Waals surface area contributed by atoms with Gasteiger partial charge in [0.2, 0.25) is 0 Å². The lowest BCUT2D eigenvalue weighted by Crippen LogP contribution is -2.46. The van der Waals surface area contributed by atoms with E-state index in [4.69, 9.17) is 4.74 Å². The van der Waals surface area contributed by atoms with Crippen molar-refractivity contribution in [1.82, 2.24) is 10.2 Å². The molecule has 1 amide bonds. The van der Waals surface area contributed by atoms with E-state index in [2.05, 4.69) is 16.3 Å². The Bertz CT molecular complexity index is 515. The maximum absolute atomic E-state index is 12.5. The number of rotatable bonds is 7. The summed E-state index contributed by atoms with van der Waals surface area (Å²) < 4.78 is 5.36. The molecule has 2 rings (SSSR count). The van der Waals surface area contributed by atoms with Gasteiger partial charge in [0, 0.05) is 37.3 Å². The Balaban J connectivity index is 2.01. The molecule has 1 aliphatic heterocycles. The zero-order valence-corrected chi connectivity index (χ0v) is 14.2. The number of carbonyl (C=O) groups is 1. The summed E-state index contributed by atoms with van der Waals surface area (Å²) in [5, 5.41) is 12.2. The van der Waals surface area contributed by atoms with Gasteiger partial charge in [-0.3, -0.25) is 9.69 Å². The van der Waals surface area contributed by atoms with Gasteiger partial charge in [-0.25, -0.2) is 0 Å². The zero-order chi connectivity index (χ0) is 16.7. The molecule has 0 saturated carbocycles. The highest BCUT2D eigenvalue weighted by molar-refractivity contribution is 5.94. The Labute approximate surface area is 138 Å². The van der Waals surface area contributed by atoms with Crippen LogP contribution >= 0.6 is 0 Å². The molecule has 1 heterocycles. The molecule has 1 fully saturated rings. The molecule has 128 valence electrons. The molecule has 5 nitrogen and oxygen atoms in total. The van der Waals surface area contributed by atoms with E-state index in [1.807, 2.05) is 32.0 Å². The smallest absolute Gasteiger partial charge is 0.251 e. The van der Waals surface area contributed by atoms with Gasteiger partial charge in [0.1, 0.15) is 0 Å². The van der Waals surface area contributed by atoms with Crippen LogP contribution in [0.1, 0.15) is 42.6 Å². The van der Waals surface area contributed by atoms with Crippen molar-refractivity contribution >= 4 is 5.91 Å². The Morgan fingerprint density at radius 3 is 2.78 bits per heavy atom. The summed E-state index contributed by atoms with van der Waals surface area (Å²) in [6.07, 6.45) is 1.34. The number of hydrogen-bond donors (Lipinski definition) is 2. The highest BCUT2D eigenvalue weighted by Crippen LogP contribution is 2.16. The number of ether oxygens (including phenoxy) is 1. The Kier molecular flexibility index (Phi) is 6.57. The van der Waals surface area contributed by atoms with Crippen LogP contribution < -0.4 is 5.32 Å². The van der Waals surface area contributed by atoms with E-state index >= 15 is 0 Å². The predicted molar refractivity (Wildman–Crippen MR) is 90.4 cm³/mol. The molecule has 0 aliphatic carbocycles. The minimum atomic E-state index is -0.369. The van der Waals surface area contributed by atoms with E-state index in [0.717, 1.165) is 44.8 Å². The summed E-state index contributed by atoms with van der Waals surface area (Å²) in [6, 6.07) is 7.78. The SMILES string of the molecule is CCC(C)(CCO)NC(=O)c1cccc(CN2CCOCC2)c1. The van der Waals surface area contributed by atoms with Crippen molar-refractivity contribution in [1.29, 1.82) is 0 Å². The zero-order valence-electron chi connectivity index (χ0n) is 14.2. The second kappa shape index (κ2) is 8.43. The number of carbonyl (C=O) groups excluding carboxylic acids is 1. The second-order valence-electron chi connectivity index (χ2n) is 6.43. The van der Waals surface area contributed by atoms with Crippen LogP contribution in [0.25, 0.3) is 0 Å². The van der Waals surface area contributed by atoms with E-state index in [1.54, 1.807) is 0 Å². The molecule has 0 radical (unpaired) electrons. The van der Waals surface area contributed by atoms with Gasteiger partial charge >= 0.3 is 0 Å². The molecule has 23 heavy (non-hydrogen) atoms. The number of amides is 1. The second-order valence-corrected chi connectivity index (χ2v) is 6.43. The van der Waals surface area contributed by atoms with Crippen LogP contribution in [0.5, 0.6) is 0 Å². The molecular weight excluding hydrogens is 292 g/mol. The monoisotopic (exact) mass is 320 g/mol. The quantitative estimate of drug-likeness (QED) is 0.804. The molecule has 1 unspecified atom stereocenters. The molecule has 0 aromatic heterocycles. The van der Waals surface area contributed by atoms with Crippen LogP contribution in [0.2, 0.25) is 0 Å². The number of hydrogen-bond acceptors (Lipinski definition) is 4. The Hall–Kier alpha value is -1.43. The summed E-state index contributed by atoms with van der Waals surface area (Å²) in [5.41, 5.74) is 1.44. The van der Waals surface area contributed by atoms with Gasteiger partial charge in [-0.05, 0) is 37.5 Å². The number of nitrogens with zero attached hydrogens (tertiary/aromatic N) is 1. The molecule has 1 atom stereocenters. The predicted octanol–water partition coefficient (Wildman–Crippen LogP) is 1.80. The molecular formula is C18H28N2O3. The van der Waals surface area contributed by atoms with Crippen LogP contribution in [0.3, 0.4) is 0 Å². The highest BCUT2D eigenvalue weighted by atomic mass is 16.5. The number of aliphatic hydroxyl groups excluding tert-OH is 1. The normalized spacial score (nSPS) is 18.4. The van der Waals surface area contributed by atoms with Gasteiger partial charge in [-0.15, -0.1) is 0 Å². The summed E-state index contributed by atoms with van der Waals surface area (Å²) in [5.74, 6) is -0.0772. The van der Waals surface area contributed by atoms with E-state index in [-0.39, 0.29) is 18.1 Å². The summed E-state index contributed by atoms with van der Waals surface area (Å²) >= 11 is 0. The topological polar surface area (TPSA) is 61.8 Å². The van der Waals surface area contributed by atoms with Crippen molar-refractivity contribution in [3.05, 3.63) is 35.4 Å². The highest BCUT2D eigenvalue weighted by Gasteiger charge is 2.24. The minimum Gasteiger partial charge on any atom is -0.396 e. The average molecular weight is 320 g/mol. The molecule has 0 bridgehead atoms. The lowest BCUT2D eigenvalue weighted by atomic mass is 9.94. The number of nitrogens with one attached hydrogen (secondary N) is 1. The third kappa shape index (κ3) is 5.30. The molecule has 1 aromatic rings. The standard InChI is InChI=1S/C18H28N2O3/c1-3-18(2,7-10-21)19-17(22)16-6-4-5-15(13-16)14-20-8-11-23-12-9-20/h4-6,13,21H,3,7-12,14H2,1-2H3,(H,19,22). The van der Waals surface area contributed by atoms with Gasteiger partial charge in [0.15, 0.2) is 0 Å².